The largest absolute Gasteiger partial charge is 0.507 e. The normalized spacial score (nSPS) is 19.6. The molecule has 0 spiro atoms. The Morgan fingerprint density at radius 2 is 1.71 bits per heavy atom. The zero-order chi connectivity index (χ0) is 27.1. The molecule has 4 rings (SSSR count). The maximum absolute atomic E-state index is 13.4. The molecule has 0 radical (unpaired) electrons. The number of nitrogens with zero attached hydrogens (tertiary/aromatic N) is 2. The predicted molar refractivity (Wildman–Crippen MR) is 143 cm³/mol. The summed E-state index contributed by atoms with van der Waals surface area (Å²) in [6.07, 6.45) is 1.97. The van der Waals surface area contributed by atoms with E-state index in [1.165, 1.54) is 12.0 Å². The molecule has 2 aliphatic rings. The van der Waals surface area contributed by atoms with Crippen molar-refractivity contribution in [2.75, 3.05) is 60.2 Å². The summed E-state index contributed by atoms with van der Waals surface area (Å²) in [6.45, 7) is 6.40. The number of Topliss-reactive ketones (excluding diaryl/α,β-unsaturated/α-hetero) is 1. The van der Waals surface area contributed by atoms with Gasteiger partial charge in [0.15, 0.2) is 11.5 Å². The Kier molecular flexibility index (Phi) is 9.25. The fraction of sp³-hybridized carbons (Fsp3) is 0.448. The van der Waals surface area contributed by atoms with Crippen molar-refractivity contribution in [1.82, 2.24) is 9.80 Å². The van der Waals surface area contributed by atoms with Crippen molar-refractivity contribution in [2.24, 2.45) is 0 Å². The molecule has 0 aliphatic carbocycles. The van der Waals surface area contributed by atoms with Crippen LogP contribution in [0.5, 0.6) is 17.2 Å². The summed E-state index contributed by atoms with van der Waals surface area (Å²) in [5, 5.41) is 11.4. The summed E-state index contributed by atoms with van der Waals surface area (Å²) in [4.78, 5) is 30.4. The molecule has 0 saturated carbocycles. The number of methoxy groups -OCH3 is 2. The lowest BCUT2D eigenvalue weighted by molar-refractivity contribution is -0.140. The Hall–Kier alpha value is -3.56. The van der Waals surface area contributed by atoms with E-state index in [9.17, 15) is 14.7 Å². The lowest BCUT2D eigenvalue weighted by Gasteiger charge is -2.31. The van der Waals surface area contributed by atoms with Gasteiger partial charge in [0.2, 0.25) is 0 Å². The van der Waals surface area contributed by atoms with Crippen molar-refractivity contribution in [3.8, 4) is 17.2 Å². The van der Waals surface area contributed by atoms with Crippen LogP contribution in [0.1, 0.15) is 36.9 Å². The van der Waals surface area contributed by atoms with Gasteiger partial charge in [0.25, 0.3) is 11.7 Å². The highest BCUT2D eigenvalue weighted by Gasteiger charge is 2.46. The van der Waals surface area contributed by atoms with Crippen molar-refractivity contribution in [3.63, 3.8) is 0 Å². The number of hydrogen-bond acceptors (Lipinski definition) is 8. The number of amides is 1. The predicted octanol–water partition coefficient (Wildman–Crippen LogP) is 3.64. The first-order valence-electron chi connectivity index (χ1n) is 13.0. The number of carbonyl (C=O) groups is 2. The minimum Gasteiger partial charge on any atom is -0.507 e. The van der Waals surface area contributed by atoms with E-state index in [1.807, 2.05) is 0 Å². The number of hydrogen-bond donors (Lipinski definition) is 1. The Balaban J connectivity index is 1.71. The molecule has 2 fully saturated rings. The van der Waals surface area contributed by atoms with Gasteiger partial charge in [-0.15, -0.1) is 0 Å². The van der Waals surface area contributed by atoms with Gasteiger partial charge < -0.3 is 29.0 Å². The van der Waals surface area contributed by atoms with Gasteiger partial charge in [-0.1, -0.05) is 19.4 Å². The van der Waals surface area contributed by atoms with Crippen molar-refractivity contribution in [1.29, 1.82) is 0 Å². The van der Waals surface area contributed by atoms with Gasteiger partial charge in [-0.25, -0.2) is 0 Å². The van der Waals surface area contributed by atoms with Crippen LogP contribution >= 0.6 is 0 Å². The zero-order valence-electron chi connectivity index (χ0n) is 22.3. The quantitative estimate of drug-likeness (QED) is 0.206. The van der Waals surface area contributed by atoms with E-state index in [0.717, 1.165) is 25.9 Å². The topological polar surface area (TPSA) is 97.8 Å². The van der Waals surface area contributed by atoms with Crippen LogP contribution in [0.25, 0.3) is 5.76 Å². The SMILES string of the molecule is CCCCOc1ccc(/C(O)=C2\C(=O)C(=O)N(CCN3CCOCC3)C2c2ccc(OC)c(OC)c2)cc1. The highest BCUT2D eigenvalue weighted by molar-refractivity contribution is 6.46. The zero-order valence-corrected chi connectivity index (χ0v) is 22.3. The number of likely N-dealkylation sites (tertiary alicyclic amines) is 1. The van der Waals surface area contributed by atoms with Crippen molar-refractivity contribution >= 4 is 17.4 Å². The highest BCUT2D eigenvalue weighted by atomic mass is 16.5. The summed E-state index contributed by atoms with van der Waals surface area (Å²) in [5.41, 5.74) is 1.12. The molecule has 1 N–H and O–H groups in total. The third-order valence-corrected chi connectivity index (χ3v) is 6.92. The molecular weight excluding hydrogens is 488 g/mol. The van der Waals surface area contributed by atoms with E-state index >= 15 is 0 Å². The molecule has 2 aromatic carbocycles. The number of aliphatic hydroxyl groups excluding tert-OH is 1. The highest BCUT2D eigenvalue weighted by Crippen LogP contribution is 2.42. The molecule has 2 aromatic rings. The number of aliphatic hydroxyl groups is 1. The van der Waals surface area contributed by atoms with Crippen LogP contribution in [0.3, 0.4) is 0 Å². The molecule has 1 atom stereocenters. The van der Waals surface area contributed by atoms with E-state index in [4.69, 9.17) is 18.9 Å². The summed E-state index contributed by atoms with van der Waals surface area (Å²) in [7, 11) is 3.07. The third-order valence-electron chi connectivity index (χ3n) is 6.92. The molecule has 204 valence electrons. The molecule has 0 aromatic heterocycles. The number of ketones is 1. The average Bonchev–Trinajstić information content (AvgIpc) is 3.21. The van der Waals surface area contributed by atoms with E-state index in [-0.39, 0.29) is 11.3 Å². The Morgan fingerprint density at radius 3 is 2.37 bits per heavy atom. The first-order chi connectivity index (χ1) is 18.5. The molecule has 2 aliphatic heterocycles. The monoisotopic (exact) mass is 524 g/mol. The Labute approximate surface area is 223 Å². The number of morpholine rings is 1. The van der Waals surface area contributed by atoms with E-state index in [0.29, 0.717) is 61.3 Å². The minimum absolute atomic E-state index is 0.0452. The van der Waals surface area contributed by atoms with Crippen LogP contribution < -0.4 is 14.2 Å². The smallest absolute Gasteiger partial charge is 0.295 e. The second kappa shape index (κ2) is 12.8. The maximum Gasteiger partial charge on any atom is 0.295 e. The first kappa shape index (κ1) is 27.5. The fourth-order valence-corrected chi connectivity index (χ4v) is 4.75. The minimum atomic E-state index is -0.781. The summed E-state index contributed by atoms with van der Waals surface area (Å²) in [5.74, 6) is 0.0960. The Morgan fingerprint density at radius 1 is 1.00 bits per heavy atom. The number of rotatable bonds is 11. The molecule has 9 nitrogen and oxygen atoms in total. The molecule has 0 bridgehead atoms. The van der Waals surface area contributed by atoms with Crippen molar-refractivity contribution < 1.29 is 33.6 Å². The van der Waals surface area contributed by atoms with E-state index in [1.54, 1.807) is 49.6 Å². The summed E-state index contributed by atoms with van der Waals surface area (Å²) in [6, 6.07) is 11.4. The molecule has 1 unspecified atom stereocenters. The van der Waals surface area contributed by atoms with E-state index in [2.05, 4.69) is 11.8 Å². The van der Waals surface area contributed by atoms with Crippen LogP contribution in [0, 0.1) is 0 Å². The second-order valence-corrected chi connectivity index (χ2v) is 9.29. The lowest BCUT2D eigenvalue weighted by atomic mass is 9.95. The van der Waals surface area contributed by atoms with Gasteiger partial charge >= 0.3 is 0 Å². The maximum atomic E-state index is 13.4. The van der Waals surface area contributed by atoms with Gasteiger partial charge in [0.1, 0.15) is 11.5 Å². The van der Waals surface area contributed by atoms with Crippen LogP contribution in [-0.4, -0.2) is 86.8 Å². The van der Waals surface area contributed by atoms with Gasteiger partial charge in [0.05, 0.1) is 45.7 Å². The molecule has 1 amide bonds. The van der Waals surface area contributed by atoms with Crippen LogP contribution in [0.4, 0.5) is 0 Å². The van der Waals surface area contributed by atoms with Crippen molar-refractivity contribution in [3.05, 3.63) is 59.2 Å². The summed E-state index contributed by atoms with van der Waals surface area (Å²) >= 11 is 0. The molecule has 9 heteroatoms. The van der Waals surface area contributed by atoms with Gasteiger partial charge in [-0.3, -0.25) is 14.5 Å². The number of ether oxygens (including phenoxy) is 4. The van der Waals surface area contributed by atoms with Gasteiger partial charge in [-0.05, 0) is 48.4 Å². The number of benzene rings is 2. The summed E-state index contributed by atoms with van der Waals surface area (Å²) < 4.78 is 22.0. The van der Waals surface area contributed by atoms with E-state index < -0.39 is 17.7 Å². The molecule has 2 heterocycles. The van der Waals surface area contributed by atoms with Crippen LogP contribution in [0.2, 0.25) is 0 Å². The number of carbonyl (C=O) groups excluding carboxylic acids is 2. The molecule has 38 heavy (non-hydrogen) atoms. The second-order valence-electron chi connectivity index (χ2n) is 9.29. The first-order valence-corrected chi connectivity index (χ1v) is 13.0. The van der Waals surface area contributed by atoms with Crippen LogP contribution in [-0.2, 0) is 14.3 Å². The van der Waals surface area contributed by atoms with Gasteiger partial charge in [-0.2, -0.15) is 0 Å². The molecule has 2 saturated heterocycles. The third kappa shape index (κ3) is 5.95. The fourth-order valence-electron chi connectivity index (χ4n) is 4.75. The lowest BCUT2D eigenvalue weighted by Crippen LogP contribution is -2.42. The standard InChI is InChI=1S/C29H36N2O7/c1-4-5-16-38-22-9-6-20(7-10-22)27(32)25-26(21-8-11-23(35-2)24(19-21)36-3)31(29(34)28(25)33)13-12-30-14-17-37-18-15-30/h6-11,19,26,32H,4-5,12-18H2,1-3H3/b27-25+. The van der Waals surface area contributed by atoms with Gasteiger partial charge in [0, 0.05) is 31.7 Å². The molecular formula is C29H36N2O7. The Bertz CT molecular complexity index is 1160. The average molecular weight is 525 g/mol. The number of unbranched alkanes of at least 4 members (excludes halogenated alkanes) is 1. The van der Waals surface area contributed by atoms with Crippen LogP contribution in [0.15, 0.2) is 48.0 Å². The van der Waals surface area contributed by atoms with Crippen molar-refractivity contribution in [2.45, 2.75) is 25.8 Å².